The van der Waals surface area contributed by atoms with Crippen LogP contribution in [0.5, 0.6) is 11.6 Å². The Morgan fingerprint density at radius 1 is 1.44 bits per heavy atom. The van der Waals surface area contributed by atoms with Crippen LogP contribution in [-0.2, 0) is 0 Å². The van der Waals surface area contributed by atoms with E-state index in [1.807, 2.05) is 0 Å². The molecule has 0 spiro atoms. The summed E-state index contributed by atoms with van der Waals surface area (Å²) in [5.74, 6) is 5.62. The largest absolute Gasteiger partial charge is 0.437 e. The number of hydrogen-bond donors (Lipinski definition) is 2. The molecule has 0 bridgehead atoms. The molecule has 1 aromatic heterocycles. The van der Waals surface area contributed by atoms with Gasteiger partial charge in [-0.15, -0.1) is 0 Å². The Labute approximate surface area is 108 Å². The average Bonchev–Trinajstić information content (AvgIpc) is 2.36. The van der Waals surface area contributed by atoms with Gasteiger partial charge in [-0.2, -0.15) is 4.98 Å². The molecule has 0 atom stereocenters. The van der Waals surface area contributed by atoms with Crippen molar-refractivity contribution in [3.63, 3.8) is 0 Å². The number of hydrazine groups is 1. The van der Waals surface area contributed by atoms with Crippen molar-refractivity contribution in [1.29, 1.82) is 0 Å². The number of nitrogens with one attached hydrogen (secondary N) is 1. The first-order valence-corrected chi connectivity index (χ1v) is 5.41. The van der Waals surface area contributed by atoms with Gasteiger partial charge in [-0.05, 0) is 30.7 Å². The predicted molar refractivity (Wildman–Crippen MR) is 66.1 cm³/mol. The molecule has 0 radical (unpaired) electrons. The minimum absolute atomic E-state index is 0.144. The summed E-state index contributed by atoms with van der Waals surface area (Å²) in [6, 6.07) is 4.33. The summed E-state index contributed by atoms with van der Waals surface area (Å²) < 4.78 is 18.5. The lowest BCUT2D eigenvalue weighted by atomic mass is 10.2. The van der Waals surface area contributed by atoms with Gasteiger partial charge in [0.2, 0.25) is 11.8 Å². The molecule has 0 unspecified atom stereocenters. The van der Waals surface area contributed by atoms with Crippen LogP contribution in [-0.4, -0.2) is 9.97 Å². The van der Waals surface area contributed by atoms with Gasteiger partial charge in [0.1, 0.15) is 16.6 Å². The monoisotopic (exact) mass is 268 g/mol. The molecule has 2 aromatic rings. The van der Waals surface area contributed by atoms with Gasteiger partial charge in [-0.1, -0.05) is 11.6 Å². The van der Waals surface area contributed by atoms with E-state index >= 15 is 0 Å². The molecular formula is C11H10ClFN4O. The highest BCUT2D eigenvalue weighted by Crippen LogP contribution is 2.28. The first-order valence-electron chi connectivity index (χ1n) is 5.03. The summed E-state index contributed by atoms with van der Waals surface area (Å²) in [6.45, 7) is 1.64. The van der Waals surface area contributed by atoms with Gasteiger partial charge in [-0.25, -0.2) is 15.2 Å². The summed E-state index contributed by atoms with van der Waals surface area (Å²) in [5, 5.41) is 0.232. The number of nitrogens with two attached hydrogens (primary N) is 1. The molecule has 0 amide bonds. The number of ether oxygens (including phenoxy) is 1. The summed E-state index contributed by atoms with van der Waals surface area (Å²) in [4.78, 5) is 7.75. The van der Waals surface area contributed by atoms with Crippen LogP contribution in [0.4, 0.5) is 10.3 Å². The Morgan fingerprint density at radius 3 is 2.89 bits per heavy atom. The predicted octanol–water partition coefficient (Wildman–Crippen LogP) is 2.66. The van der Waals surface area contributed by atoms with Gasteiger partial charge in [-0.3, -0.25) is 5.43 Å². The van der Waals surface area contributed by atoms with E-state index in [1.165, 1.54) is 18.3 Å². The van der Waals surface area contributed by atoms with Crippen molar-refractivity contribution < 1.29 is 9.13 Å². The molecule has 0 aliphatic rings. The topological polar surface area (TPSA) is 73.1 Å². The third kappa shape index (κ3) is 2.66. The number of aromatic nitrogens is 2. The van der Waals surface area contributed by atoms with Crippen LogP contribution in [0, 0.1) is 12.7 Å². The van der Waals surface area contributed by atoms with Crippen LogP contribution in [0.25, 0.3) is 0 Å². The zero-order chi connectivity index (χ0) is 13.1. The summed E-state index contributed by atoms with van der Waals surface area (Å²) >= 11 is 5.88. The summed E-state index contributed by atoms with van der Waals surface area (Å²) in [6.07, 6.45) is 1.36. The average molecular weight is 269 g/mol. The van der Waals surface area contributed by atoms with Crippen molar-refractivity contribution in [2.24, 2.45) is 5.84 Å². The molecule has 0 aliphatic heterocycles. The van der Waals surface area contributed by atoms with E-state index in [0.29, 0.717) is 11.3 Å². The van der Waals surface area contributed by atoms with Crippen LogP contribution in [0.3, 0.4) is 0 Å². The van der Waals surface area contributed by atoms with Crippen molar-refractivity contribution in [2.45, 2.75) is 6.92 Å². The van der Waals surface area contributed by atoms with E-state index in [1.54, 1.807) is 13.0 Å². The third-order valence-corrected chi connectivity index (χ3v) is 2.44. The minimum atomic E-state index is -0.305. The number of anilines is 1. The van der Waals surface area contributed by atoms with E-state index in [2.05, 4.69) is 15.4 Å². The zero-order valence-electron chi connectivity index (χ0n) is 9.45. The number of nitrogen functional groups attached to an aromatic ring is 1. The lowest BCUT2D eigenvalue weighted by Crippen LogP contribution is -2.10. The van der Waals surface area contributed by atoms with Crippen LogP contribution < -0.4 is 16.0 Å². The highest BCUT2D eigenvalue weighted by molar-refractivity contribution is 6.31. The fourth-order valence-electron chi connectivity index (χ4n) is 1.28. The van der Waals surface area contributed by atoms with Crippen molar-refractivity contribution in [1.82, 2.24) is 9.97 Å². The number of nitrogens with zero attached hydrogens (tertiary/aromatic N) is 2. The zero-order valence-corrected chi connectivity index (χ0v) is 10.2. The van der Waals surface area contributed by atoms with Gasteiger partial charge >= 0.3 is 0 Å². The fourth-order valence-corrected chi connectivity index (χ4v) is 1.41. The Balaban J connectivity index is 2.30. The second-order valence-corrected chi connectivity index (χ2v) is 3.91. The Morgan fingerprint density at radius 2 is 2.22 bits per heavy atom. The van der Waals surface area contributed by atoms with Gasteiger partial charge < -0.3 is 4.74 Å². The molecule has 0 aliphatic carbocycles. The Hall–Kier alpha value is -1.92. The Kier molecular flexibility index (Phi) is 3.59. The van der Waals surface area contributed by atoms with E-state index in [0.717, 1.165) is 0 Å². The molecule has 94 valence electrons. The van der Waals surface area contributed by atoms with Crippen LogP contribution >= 0.6 is 11.6 Å². The number of rotatable bonds is 3. The SMILES string of the molecule is Cc1cc(Oc2nc(NN)ncc2Cl)ccc1F. The maximum atomic E-state index is 13.1. The van der Waals surface area contributed by atoms with Crippen molar-refractivity contribution in [3.8, 4) is 11.6 Å². The maximum absolute atomic E-state index is 13.1. The fraction of sp³-hybridized carbons (Fsp3) is 0.0909. The molecule has 5 nitrogen and oxygen atoms in total. The maximum Gasteiger partial charge on any atom is 0.243 e. The van der Waals surface area contributed by atoms with E-state index in [4.69, 9.17) is 22.2 Å². The first kappa shape index (κ1) is 12.5. The van der Waals surface area contributed by atoms with E-state index < -0.39 is 0 Å². The lowest BCUT2D eigenvalue weighted by Gasteiger charge is -2.08. The number of halogens is 2. The van der Waals surface area contributed by atoms with Gasteiger partial charge in [0, 0.05) is 0 Å². The van der Waals surface area contributed by atoms with Gasteiger partial charge in [0.25, 0.3) is 0 Å². The first-order chi connectivity index (χ1) is 8.60. The van der Waals surface area contributed by atoms with E-state index in [-0.39, 0.29) is 22.7 Å². The quantitative estimate of drug-likeness (QED) is 0.661. The Bertz CT molecular complexity index is 579. The molecule has 0 saturated carbocycles. The number of hydrogen-bond acceptors (Lipinski definition) is 5. The van der Waals surface area contributed by atoms with E-state index in [9.17, 15) is 4.39 Å². The van der Waals surface area contributed by atoms with Crippen LogP contribution in [0.2, 0.25) is 5.02 Å². The molecule has 0 saturated heterocycles. The minimum Gasteiger partial charge on any atom is -0.437 e. The van der Waals surface area contributed by atoms with Crippen molar-refractivity contribution >= 4 is 17.5 Å². The molecule has 1 heterocycles. The summed E-state index contributed by atoms with van der Waals surface area (Å²) in [7, 11) is 0. The highest BCUT2D eigenvalue weighted by atomic mass is 35.5. The molecule has 0 fully saturated rings. The molecular weight excluding hydrogens is 259 g/mol. The second kappa shape index (κ2) is 5.16. The second-order valence-electron chi connectivity index (χ2n) is 3.50. The van der Waals surface area contributed by atoms with Gasteiger partial charge in [0.05, 0.1) is 6.20 Å². The van der Waals surface area contributed by atoms with Crippen molar-refractivity contribution in [2.75, 3.05) is 5.43 Å². The standard InChI is InChI=1S/C11H10ClFN4O/c1-6-4-7(2-3-9(6)13)18-10-8(12)5-15-11(16-10)17-14/h2-5H,14H2,1H3,(H,15,16,17). The van der Waals surface area contributed by atoms with Crippen molar-refractivity contribution in [3.05, 3.63) is 40.8 Å². The molecule has 18 heavy (non-hydrogen) atoms. The normalized spacial score (nSPS) is 10.2. The molecule has 3 N–H and O–H groups in total. The number of benzene rings is 1. The lowest BCUT2D eigenvalue weighted by molar-refractivity contribution is 0.460. The van der Waals surface area contributed by atoms with Gasteiger partial charge in [0.15, 0.2) is 0 Å². The number of aryl methyl sites for hydroxylation is 1. The summed E-state index contributed by atoms with van der Waals surface area (Å²) in [5.41, 5.74) is 2.75. The molecule has 7 heteroatoms. The molecule has 1 aromatic carbocycles. The highest BCUT2D eigenvalue weighted by Gasteiger charge is 2.08. The van der Waals surface area contributed by atoms with Crippen LogP contribution in [0.1, 0.15) is 5.56 Å². The molecule has 2 rings (SSSR count). The smallest absolute Gasteiger partial charge is 0.243 e. The van der Waals surface area contributed by atoms with Crippen LogP contribution in [0.15, 0.2) is 24.4 Å². The third-order valence-electron chi connectivity index (χ3n) is 2.18.